The summed E-state index contributed by atoms with van der Waals surface area (Å²) in [6, 6.07) is 5.38. The first-order valence-electron chi connectivity index (χ1n) is 6.46. The summed E-state index contributed by atoms with van der Waals surface area (Å²) in [6.07, 6.45) is 0.919. The summed E-state index contributed by atoms with van der Waals surface area (Å²) in [7, 11) is 0. The molecule has 1 aromatic carbocycles. The molecule has 4 nitrogen and oxygen atoms in total. The van der Waals surface area contributed by atoms with Crippen LogP contribution in [0.15, 0.2) is 18.2 Å². The van der Waals surface area contributed by atoms with E-state index in [0.717, 1.165) is 18.7 Å². The number of hydrogen-bond acceptors (Lipinski definition) is 3. The Morgan fingerprint density at radius 1 is 1.39 bits per heavy atom. The lowest BCUT2D eigenvalue weighted by molar-refractivity contribution is 0.0954. The number of amides is 1. The van der Waals surface area contributed by atoms with Crippen LogP contribution in [0.2, 0.25) is 0 Å². The van der Waals surface area contributed by atoms with E-state index in [1.807, 2.05) is 13.0 Å². The van der Waals surface area contributed by atoms with E-state index >= 15 is 0 Å². The number of nitrogens with one attached hydrogen (secondary N) is 2. The zero-order valence-corrected chi connectivity index (χ0v) is 11.4. The highest BCUT2D eigenvalue weighted by Gasteiger charge is 2.11. The number of carbonyl (C=O) groups excluding carboxylic acids is 1. The first-order valence-corrected chi connectivity index (χ1v) is 6.46. The lowest BCUT2D eigenvalue weighted by atomic mass is 10.1. The van der Waals surface area contributed by atoms with E-state index in [1.54, 1.807) is 12.1 Å². The fourth-order valence-electron chi connectivity index (χ4n) is 1.55. The molecule has 0 aliphatic rings. The Hall–Kier alpha value is -1.71. The second-order valence-electron chi connectivity index (χ2n) is 4.84. The average Bonchev–Trinajstić information content (AvgIpc) is 2.34. The molecule has 0 unspecified atom stereocenters. The van der Waals surface area contributed by atoms with Gasteiger partial charge in [0.15, 0.2) is 0 Å². The van der Waals surface area contributed by atoms with Gasteiger partial charge in [0.1, 0.15) is 0 Å². The van der Waals surface area contributed by atoms with Crippen molar-refractivity contribution in [3.63, 3.8) is 0 Å². The van der Waals surface area contributed by atoms with Crippen molar-refractivity contribution in [2.24, 2.45) is 5.92 Å². The van der Waals surface area contributed by atoms with Crippen molar-refractivity contribution >= 4 is 17.3 Å². The van der Waals surface area contributed by atoms with Gasteiger partial charge < -0.3 is 16.4 Å². The van der Waals surface area contributed by atoms with Crippen LogP contribution in [0.5, 0.6) is 0 Å². The van der Waals surface area contributed by atoms with Crippen LogP contribution < -0.4 is 16.4 Å². The molecule has 1 rings (SSSR count). The van der Waals surface area contributed by atoms with Crippen molar-refractivity contribution in [1.82, 2.24) is 5.32 Å². The topological polar surface area (TPSA) is 67.2 Å². The van der Waals surface area contributed by atoms with Crippen LogP contribution in [0.3, 0.4) is 0 Å². The van der Waals surface area contributed by atoms with Gasteiger partial charge >= 0.3 is 0 Å². The molecule has 1 amide bonds. The van der Waals surface area contributed by atoms with Crippen molar-refractivity contribution in [1.29, 1.82) is 0 Å². The normalized spacial score (nSPS) is 10.4. The van der Waals surface area contributed by atoms with Crippen LogP contribution in [-0.2, 0) is 0 Å². The maximum absolute atomic E-state index is 12.0. The van der Waals surface area contributed by atoms with Gasteiger partial charge in [-0.1, -0.05) is 20.8 Å². The number of hydrogen-bond donors (Lipinski definition) is 3. The van der Waals surface area contributed by atoms with Gasteiger partial charge in [0.25, 0.3) is 5.91 Å². The second-order valence-corrected chi connectivity index (χ2v) is 4.84. The Morgan fingerprint density at radius 3 is 2.72 bits per heavy atom. The summed E-state index contributed by atoms with van der Waals surface area (Å²) in [5, 5.41) is 6.15. The standard InChI is InChI=1S/C14H23N3O/c1-4-7-16-14(18)12-8-11(15)5-6-13(12)17-9-10(2)3/h5-6,8,10,17H,4,7,9,15H2,1-3H3,(H,16,18). The maximum Gasteiger partial charge on any atom is 0.253 e. The molecule has 4 heteroatoms. The molecule has 0 aromatic heterocycles. The average molecular weight is 249 g/mol. The molecule has 0 aliphatic heterocycles. The number of nitrogens with two attached hydrogens (primary N) is 1. The molecule has 0 fully saturated rings. The van der Waals surface area contributed by atoms with Crippen molar-refractivity contribution in [3.8, 4) is 0 Å². The highest BCUT2D eigenvalue weighted by Crippen LogP contribution is 2.19. The summed E-state index contributed by atoms with van der Waals surface area (Å²) < 4.78 is 0. The third-order valence-corrected chi connectivity index (χ3v) is 2.52. The first kappa shape index (κ1) is 14.4. The molecule has 0 saturated carbocycles. The Kier molecular flexibility index (Phi) is 5.49. The smallest absolute Gasteiger partial charge is 0.253 e. The first-order chi connectivity index (χ1) is 8.54. The molecular formula is C14H23N3O. The Bertz CT molecular complexity index is 402. The van der Waals surface area contributed by atoms with Crippen LogP contribution in [-0.4, -0.2) is 19.0 Å². The van der Waals surface area contributed by atoms with Crippen LogP contribution in [0.4, 0.5) is 11.4 Å². The molecule has 0 heterocycles. The van der Waals surface area contributed by atoms with E-state index < -0.39 is 0 Å². The molecule has 1 aromatic rings. The Morgan fingerprint density at radius 2 is 2.11 bits per heavy atom. The summed E-state index contributed by atoms with van der Waals surface area (Å²) in [6.45, 7) is 7.79. The van der Waals surface area contributed by atoms with E-state index in [-0.39, 0.29) is 5.91 Å². The number of nitrogen functional groups attached to an aromatic ring is 1. The number of anilines is 2. The summed E-state index contributed by atoms with van der Waals surface area (Å²) in [4.78, 5) is 12.0. The lowest BCUT2D eigenvalue weighted by Crippen LogP contribution is -2.25. The highest BCUT2D eigenvalue weighted by atomic mass is 16.1. The minimum Gasteiger partial charge on any atom is -0.399 e. The van der Waals surface area contributed by atoms with Gasteiger partial charge in [0.2, 0.25) is 0 Å². The van der Waals surface area contributed by atoms with E-state index in [2.05, 4.69) is 24.5 Å². The quantitative estimate of drug-likeness (QED) is 0.678. The maximum atomic E-state index is 12.0. The molecular weight excluding hydrogens is 226 g/mol. The molecule has 0 bridgehead atoms. The monoisotopic (exact) mass is 249 g/mol. The van der Waals surface area contributed by atoms with Crippen molar-refractivity contribution in [3.05, 3.63) is 23.8 Å². The van der Waals surface area contributed by atoms with E-state index in [0.29, 0.717) is 23.7 Å². The number of carbonyl (C=O) groups is 1. The molecule has 4 N–H and O–H groups in total. The fourth-order valence-corrected chi connectivity index (χ4v) is 1.55. The SMILES string of the molecule is CCCNC(=O)c1cc(N)ccc1NCC(C)C. The Balaban J connectivity index is 2.85. The van der Waals surface area contributed by atoms with Crippen molar-refractivity contribution in [2.75, 3.05) is 24.1 Å². The van der Waals surface area contributed by atoms with E-state index in [9.17, 15) is 4.79 Å². The molecule has 0 spiro atoms. The van der Waals surface area contributed by atoms with Crippen LogP contribution >= 0.6 is 0 Å². The van der Waals surface area contributed by atoms with Gasteiger partial charge in [0, 0.05) is 24.5 Å². The minimum atomic E-state index is -0.0737. The van der Waals surface area contributed by atoms with Gasteiger partial charge in [-0.25, -0.2) is 0 Å². The van der Waals surface area contributed by atoms with Crippen molar-refractivity contribution < 1.29 is 4.79 Å². The highest BCUT2D eigenvalue weighted by molar-refractivity contribution is 6.00. The predicted molar refractivity (Wildman–Crippen MR) is 76.8 cm³/mol. The van der Waals surface area contributed by atoms with Gasteiger partial charge in [-0.05, 0) is 30.5 Å². The predicted octanol–water partition coefficient (Wildman–Crippen LogP) is 2.48. The number of rotatable bonds is 6. The summed E-state index contributed by atoms with van der Waals surface area (Å²) >= 11 is 0. The van der Waals surface area contributed by atoms with Gasteiger partial charge in [-0.15, -0.1) is 0 Å². The lowest BCUT2D eigenvalue weighted by Gasteiger charge is -2.14. The second kappa shape index (κ2) is 6.89. The summed E-state index contributed by atoms with van der Waals surface area (Å²) in [5.74, 6) is 0.449. The molecule has 0 radical (unpaired) electrons. The van der Waals surface area contributed by atoms with Gasteiger partial charge in [-0.2, -0.15) is 0 Å². The van der Waals surface area contributed by atoms with Gasteiger partial charge in [-0.3, -0.25) is 4.79 Å². The zero-order valence-electron chi connectivity index (χ0n) is 11.4. The van der Waals surface area contributed by atoms with Crippen LogP contribution in [0.1, 0.15) is 37.6 Å². The zero-order chi connectivity index (χ0) is 13.5. The van der Waals surface area contributed by atoms with Crippen molar-refractivity contribution in [2.45, 2.75) is 27.2 Å². The minimum absolute atomic E-state index is 0.0737. The molecule has 0 saturated heterocycles. The molecule has 0 atom stereocenters. The molecule has 0 aliphatic carbocycles. The fraction of sp³-hybridized carbons (Fsp3) is 0.500. The van der Waals surface area contributed by atoms with Gasteiger partial charge in [0.05, 0.1) is 5.56 Å². The van der Waals surface area contributed by atoms with Crippen LogP contribution in [0, 0.1) is 5.92 Å². The molecule has 100 valence electrons. The molecule has 18 heavy (non-hydrogen) atoms. The Labute approximate surface area is 109 Å². The largest absolute Gasteiger partial charge is 0.399 e. The number of benzene rings is 1. The van der Waals surface area contributed by atoms with E-state index in [4.69, 9.17) is 5.73 Å². The van der Waals surface area contributed by atoms with E-state index in [1.165, 1.54) is 0 Å². The van der Waals surface area contributed by atoms with Crippen LogP contribution in [0.25, 0.3) is 0 Å². The summed E-state index contributed by atoms with van der Waals surface area (Å²) in [5.41, 5.74) is 7.80. The third-order valence-electron chi connectivity index (χ3n) is 2.52. The third kappa shape index (κ3) is 4.28.